The molecule has 4 nitrogen and oxygen atoms in total. The first-order chi connectivity index (χ1) is 8.80. The topological polar surface area (TPSA) is 75.3 Å². The summed E-state index contributed by atoms with van der Waals surface area (Å²) in [6.45, 7) is 5.59. The third-order valence-electron chi connectivity index (χ3n) is 2.99. The summed E-state index contributed by atoms with van der Waals surface area (Å²) in [5.41, 5.74) is 5.97. The van der Waals surface area contributed by atoms with E-state index in [0.717, 1.165) is 5.56 Å². The number of rotatable bonds is 6. The van der Waals surface area contributed by atoms with Crippen LogP contribution in [0, 0.1) is 0 Å². The van der Waals surface area contributed by atoms with Gasteiger partial charge in [0, 0.05) is 12.5 Å². The molecule has 0 saturated carbocycles. The van der Waals surface area contributed by atoms with Crippen molar-refractivity contribution < 1.29 is 9.90 Å². The molecule has 1 amide bonds. The van der Waals surface area contributed by atoms with Crippen molar-refractivity contribution in [3.05, 3.63) is 35.9 Å². The molecule has 0 aliphatic rings. The Labute approximate surface area is 115 Å². The average molecular weight is 264 g/mol. The van der Waals surface area contributed by atoms with Crippen molar-refractivity contribution in [2.45, 2.75) is 44.8 Å². The second-order valence-corrected chi connectivity index (χ2v) is 5.62. The zero-order valence-electron chi connectivity index (χ0n) is 11.9. The van der Waals surface area contributed by atoms with Gasteiger partial charge in [-0.3, -0.25) is 4.79 Å². The molecule has 0 spiro atoms. The fourth-order valence-electron chi connectivity index (χ4n) is 1.92. The predicted molar refractivity (Wildman–Crippen MR) is 76.8 cm³/mol. The van der Waals surface area contributed by atoms with Crippen LogP contribution in [-0.4, -0.2) is 29.2 Å². The third kappa shape index (κ3) is 5.41. The third-order valence-corrected chi connectivity index (χ3v) is 2.99. The zero-order valence-corrected chi connectivity index (χ0v) is 11.9. The van der Waals surface area contributed by atoms with Crippen LogP contribution in [0.2, 0.25) is 0 Å². The van der Waals surface area contributed by atoms with Crippen LogP contribution in [0.5, 0.6) is 0 Å². The maximum absolute atomic E-state index is 11.8. The summed E-state index contributed by atoms with van der Waals surface area (Å²) >= 11 is 0. The molecule has 1 aromatic rings. The molecule has 4 N–H and O–H groups in total. The second kappa shape index (κ2) is 6.68. The van der Waals surface area contributed by atoms with Crippen LogP contribution in [0.3, 0.4) is 0 Å². The first-order valence-corrected chi connectivity index (χ1v) is 6.61. The minimum absolute atomic E-state index is 0.0903. The molecule has 19 heavy (non-hydrogen) atoms. The molecule has 0 aromatic heterocycles. The van der Waals surface area contributed by atoms with Gasteiger partial charge in [0.25, 0.3) is 0 Å². The second-order valence-electron chi connectivity index (χ2n) is 5.62. The molecule has 106 valence electrons. The van der Waals surface area contributed by atoms with Gasteiger partial charge in [0.05, 0.1) is 11.6 Å². The number of carbonyl (C=O) groups excluding carboxylic acids is 1. The molecule has 1 aromatic carbocycles. The summed E-state index contributed by atoms with van der Waals surface area (Å²) in [4.78, 5) is 11.8. The zero-order chi connectivity index (χ0) is 14.5. The molecule has 2 unspecified atom stereocenters. The standard InChI is InChI=1S/C15H24N2O2/c1-11(18)9-13(12-7-5-4-6-8-12)10-17-14(19)15(2,3)16/h4-8,11,13,18H,9-10,16H2,1-3H3,(H,17,19). The maximum atomic E-state index is 11.8. The largest absolute Gasteiger partial charge is 0.393 e. The maximum Gasteiger partial charge on any atom is 0.239 e. The van der Waals surface area contributed by atoms with Crippen LogP contribution in [0.1, 0.15) is 38.7 Å². The van der Waals surface area contributed by atoms with Crippen LogP contribution in [0.4, 0.5) is 0 Å². The predicted octanol–water partition coefficient (Wildman–Crippen LogP) is 1.39. The van der Waals surface area contributed by atoms with Crippen LogP contribution < -0.4 is 11.1 Å². The molecule has 4 heteroatoms. The number of aliphatic hydroxyl groups excluding tert-OH is 1. The highest BCUT2D eigenvalue weighted by atomic mass is 16.3. The van der Waals surface area contributed by atoms with Crippen molar-refractivity contribution in [2.75, 3.05) is 6.54 Å². The van der Waals surface area contributed by atoms with Crippen LogP contribution >= 0.6 is 0 Å². The quantitative estimate of drug-likeness (QED) is 0.727. The number of carbonyl (C=O) groups is 1. The van der Waals surface area contributed by atoms with Crippen molar-refractivity contribution in [1.82, 2.24) is 5.32 Å². The lowest BCUT2D eigenvalue weighted by Crippen LogP contribution is -2.50. The van der Waals surface area contributed by atoms with E-state index in [0.29, 0.717) is 13.0 Å². The molecular formula is C15H24N2O2. The van der Waals surface area contributed by atoms with Crippen LogP contribution in [-0.2, 0) is 4.79 Å². The lowest BCUT2D eigenvalue weighted by Gasteiger charge is -2.23. The van der Waals surface area contributed by atoms with Gasteiger partial charge >= 0.3 is 0 Å². The number of aliphatic hydroxyl groups is 1. The van der Waals surface area contributed by atoms with E-state index < -0.39 is 11.6 Å². The average Bonchev–Trinajstić information content (AvgIpc) is 2.33. The lowest BCUT2D eigenvalue weighted by molar-refractivity contribution is -0.125. The van der Waals surface area contributed by atoms with Crippen molar-refractivity contribution in [3.8, 4) is 0 Å². The molecule has 0 bridgehead atoms. The Bertz CT molecular complexity index is 396. The fraction of sp³-hybridized carbons (Fsp3) is 0.533. The number of hydrogen-bond acceptors (Lipinski definition) is 3. The summed E-state index contributed by atoms with van der Waals surface area (Å²) in [5.74, 6) is -0.0912. The van der Waals surface area contributed by atoms with E-state index in [1.54, 1.807) is 20.8 Å². The monoisotopic (exact) mass is 264 g/mol. The Morgan fingerprint density at radius 2 is 1.95 bits per heavy atom. The summed E-state index contributed by atoms with van der Waals surface area (Å²) in [6.07, 6.45) is 0.197. The summed E-state index contributed by atoms with van der Waals surface area (Å²) in [7, 11) is 0. The van der Waals surface area contributed by atoms with Gasteiger partial charge in [-0.25, -0.2) is 0 Å². The Morgan fingerprint density at radius 3 is 2.42 bits per heavy atom. The highest BCUT2D eigenvalue weighted by molar-refractivity contribution is 5.85. The first-order valence-electron chi connectivity index (χ1n) is 6.61. The Kier molecular flexibility index (Phi) is 5.51. The van der Waals surface area contributed by atoms with E-state index in [1.807, 2.05) is 30.3 Å². The molecule has 0 aliphatic heterocycles. The van der Waals surface area contributed by atoms with E-state index in [2.05, 4.69) is 5.32 Å². The Hall–Kier alpha value is -1.39. The normalized spacial score (nSPS) is 14.8. The molecule has 2 atom stereocenters. The highest BCUT2D eigenvalue weighted by Crippen LogP contribution is 2.20. The number of benzene rings is 1. The minimum Gasteiger partial charge on any atom is -0.393 e. The van der Waals surface area contributed by atoms with Crippen LogP contribution in [0.25, 0.3) is 0 Å². The van der Waals surface area contributed by atoms with Gasteiger partial charge in [-0.15, -0.1) is 0 Å². The Balaban J connectivity index is 2.69. The van der Waals surface area contributed by atoms with Crippen LogP contribution in [0.15, 0.2) is 30.3 Å². The van der Waals surface area contributed by atoms with E-state index in [9.17, 15) is 9.90 Å². The molecule has 0 radical (unpaired) electrons. The number of nitrogens with one attached hydrogen (secondary N) is 1. The summed E-state index contributed by atoms with van der Waals surface area (Å²) in [6, 6.07) is 9.88. The van der Waals surface area contributed by atoms with Gasteiger partial charge in [0.1, 0.15) is 0 Å². The first kappa shape index (κ1) is 15.7. The van der Waals surface area contributed by atoms with E-state index >= 15 is 0 Å². The lowest BCUT2D eigenvalue weighted by atomic mass is 9.93. The van der Waals surface area contributed by atoms with Gasteiger partial charge in [0.15, 0.2) is 0 Å². The van der Waals surface area contributed by atoms with E-state index in [4.69, 9.17) is 5.73 Å². The SMILES string of the molecule is CC(O)CC(CNC(=O)C(C)(C)N)c1ccccc1. The van der Waals surface area contributed by atoms with Crippen molar-refractivity contribution in [2.24, 2.45) is 5.73 Å². The smallest absolute Gasteiger partial charge is 0.239 e. The summed E-state index contributed by atoms with van der Waals surface area (Å²) < 4.78 is 0. The van der Waals surface area contributed by atoms with Gasteiger partial charge < -0.3 is 16.2 Å². The molecular weight excluding hydrogens is 240 g/mol. The van der Waals surface area contributed by atoms with E-state index in [-0.39, 0.29) is 11.8 Å². The van der Waals surface area contributed by atoms with Gasteiger partial charge in [-0.05, 0) is 32.8 Å². The Morgan fingerprint density at radius 1 is 1.37 bits per heavy atom. The molecule has 0 aliphatic carbocycles. The molecule has 0 heterocycles. The van der Waals surface area contributed by atoms with Gasteiger partial charge in [-0.2, -0.15) is 0 Å². The van der Waals surface area contributed by atoms with Crippen molar-refractivity contribution in [3.63, 3.8) is 0 Å². The highest BCUT2D eigenvalue weighted by Gasteiger charge is 2.23. The van der Waals surface area contributed by atoms with E-state index in [1.165, 1.54) is 0 Å². The molecule has 0 saturated heterocycles. The van der Waals surface area contributed by atoms with Crippen molar-refractivity contribution in [1.29, 1.82) is 0 Å². The molecule has 1 rings (SSSR count). The fourth-order valence-corrected chi connectivity index (χ4v) is 1.92. The molecule has 0 fully saturated rings. The number of nitrogens with two attached hydrogens (primary N) is 1. The number of amides is 1. The van der Waals surface area contributed by atoms with Gasteiger partial charge in [-0.1, -0.05) is 30.3 Å². The number of hydrogen-bond donors (Lipinski definition) is 3. The van der Waals surface area contributed by atoms with Gasteiger partial charge in [0.2, 0.25) is 5.91 Å². The summed E-state index contributed by atoms with van der Waals surface area (Å²) in [5, 5.41) is 12.4. The van der Waals surface area contributed by atoms with Crippen molar-refractivity contribution >= 4 is 5.91 Å². The minimum atomic E-state index is -0.883.